The fraction of sp³-hybridized carbons (Fsp3) is 0.588. The summed E-state index contributed by atoms with van der Waals surface area (Å²) in [5, 5.41) is 18.7. The molecule has 0 saturated carbocycles. The van der Waals surface area contributed by atoms with Crippen LogP contribution in [0.4, 0.5) is 0 Å². The van der Waals surface area contributed by atoms with Gasteiger partial charge in [-0.25, -0.2) is 0 Å². The maximum Gasteiger partial charge on any atom is 0.0871 e. The van der Waals surface area contributed by atoms with Gasteiger partial charge in [-0.1, -0.05) is 25.2 Å². The summed E-state index contributed by atoms with van der Waals surface area (Å²) >= 11 is 0. The molecule has 0 bridgehead atoms. The topological polar surface area (TPSA) is 40.5 Å². The van der Waals surface area contributed by atoms with Gasteiger partial charge in [-0.05, 0) is 52.2 Å². The van der Waals surface area contributed by atoms with Crippen LogP contribution in [0.5, 0.6) is 0 Å². The minimum Gasteiger partial charge on any atom is -0.392 e. The largest absolute Gasteiger partial charge is 0.392 e. The van der Waals surface area contributed by atoms with Crippen molar-refractivity contribution in [3.63, 3.8) is 0 Å². The molecule has 0 aromatic heterocycles. The second kappa shape index (κ2) is 8.77. The van der Waals surface area contributed by atoms with E-state index >= 15 is 0 Å². The van der Waals surface area contributed by atoms with Crippen LogP contribution < -0.4 is 0 Å². The lowest BCUT2D eigenvalue weighted by molar-refractivity contribution is 0.120. The van der Waals surface area contributed by atoms with Gasteiger partial charge < -0.3 is 10.2 Å². The van der Waals surface area contributed by atoms with Crippen molar-refractivity contribution >= 4 is 0 Å². The highest BCUT2D eigenvalue weighted by Gasteiger charge is 2.14. The lowest BCUT2D eigenvalue weighted by atomic mass is 9.99. The van der Waals surface area contributed by atoms with Crippen LogP contribution in [0.25, 0.3) is 0 Å². The lowest BCUT2D eigenvalue weighted by Gasteiger charge is -2.15. The molecule has 0 amide bonds. The lowest BCUT2D eigenvalue weighted by Crippen LogP contribution is -2.19. The van der Waals surface area contributed by atoms with Crippen LogP contribution in [-0.2, 0) is 0 Å². The van der Waals surface area contributed by atoms with Gasteiger partial charge in [-0.3, -0.25) is 0 Å². The Morgan fingerprint density at radius 2 is 1.84 bits per heavy atom. The van der Waals surface area contributed by atoms with E-state index in [1.54, 1.807) is 19.9 Å². The van der Waals surface area contributed by atoms with Crippen molar-refractivity contribution in [2.24, 2.45) is 0 Å². The van der Waals surface area contributed by atoms with Crippen molar-refractivity contribution in [2.75, 3.05) is 6.61 Å². The first-order valence-corrected chi connectivity index (χ1v) is 6.80. The van der Waals surface area contributed by atoms with E-state index in [-0.39, 0.29) is 6.61 Å². The molecular formula is C17H26O2. The Morgan fingerprint density at radius 1 is 1.21 bits per heavy atom. The maximum atomic E-state index is 9.92. The molecule has 0 atom stereocenters. The molecule has 19 heavy (non-hydrogen) atoms. The number of aliphatic hydroxyl groups excluding tert-OH is 1. The van der Waals surface area contributed by atoms with Gasteiger partial charge in [-0.15, -0.1) is 5.73 Å². The number of allylic oxidation sites excluding steroid dienone is 1. The Morgan fingerprint density at radius 3 is 2.32 bits per heavy atom. The normalized spacial score (nSPS) is 11.4. The van der Waals surface area contributed by atoms with E-state index in [9.17, 15) is 5.11 Å². The van der Waals surface area contributed by atoms with Gasteiger partial charge in [0, 0.05) is 11.1 Å². The van der Waals surface area contributed by atoms with E-state index in [2.05, 4.69) is 24.5 Å². The molecule has 0 unspecified atom stereocenters. The Labute approximate surface area is 117 Å². The third-order valence-electron chi connectivity index (χ3n) is 2.84. The van der Waals surface area contributed by atoms with Crippen LogP contribution >= 0.6 is 0 Å². The van der Waals surface area contributed by atoms with Crippen molar-refractivity contribution in [1.82, 2.24) is 0 Å². The summed E-state index contributed by atoms with van der Waals surface area (Å²) in [6.45, 7) is 9.37. The fourth-order valence-electron chi connectivity index (χ4n) is 1.25. The first-order chi connectivity index (χ1) is 8.81. The first-order valence-electron chi connectivity index (χ1n) is 6.80. The molecule has 2 heteroatoms. The number of unbranched alkanes of at least 4 members (excludes halogenated alkanes) is 1. The van der Waals surface area contributed by atoms with E-state index in [4.69, 9.17) is 5.11 Å². The monoisotopic (exact) mass is 262 g/mol. The summed E-state index contributed by atoms with van der Waals surface area (Å²) in [6, 6.07) is 0. The first kappa shape index (κ1) is 17.7. The Bertz CT molecular complexity index is 430. The second-order valence-corrected chi connectivity index (χ2v) is 5.21. The highest BCUT2D eigenvalue weighted by molar-refractivity contribution is 5.37. The van der Waals surface area contributed by atoms with Gasteiger partial charge in [0.25, 0.3) is 0 Å². The molecule has 0 aromatic rings. The molecule has 106 valence electrons. The predicted molar refractivity (Wildman–Crippen MR) is 80.7 cm³/mol. The zero-order valence-electron chi connectivity index (χ0n) is 12.8. The molecule has 0 rings (SSSR count). The SMILES string of the molecule is CCCCC(=C=C(C)C(C)(C)O)C#C/C(C)=C\CO. The van der Waals surface area contributed by atoms with E-state index in [1.165, 1.54) is 0 Å². The van der Waals surface area contributed by atoms with E-state index in [0.29, 0.717) is 0 Å². The van der Waals surface area contributed by atoms with E-state index < -0.39 is 5.60 Å². The van der Waals surface area contributed by atoms with Crippen LogP contribution in [0.15, 0.2) is 28.5 Å². The Hall–Kier alpha value is -1.26. The molecule has 0 saturated heterocycles. The Balaban J connectivity index is 5.35. The Kier molecular flexibility index (Phi) is 8.19. The van der Waals surface area contributed by atoms with Gasteiger partial charge in [0.1, 0.15) is 0 Å². The number of rotatable bonds is 5. The van der Waals surface area contributed by atoms with Crippen LogP contribution in [0.1, 0.15) is 53.9 Å². The van der Waals surface area contributed by atoms with Gasteiger partial charge in [-0.2, -0.15) is 0 Å². The summed E-state index contributed by atoms with van der Waals surface area (Å²) in [5.41, 5.74) is 4.89. The van der Waals surface area contributed by atoms with Gasteiger partial charge in [0.15, 0.2) is 0 Å². The van der Waals surface area contributed by atoms with Gasteiger partial charge in [0.05, 0.1) is 12.2 Å². The average molecular weight is 262 g/mol. The van der Waals surface area contributed by atoms with Crippen LogP contribution in [-0.4, -0.2) is 22.4 Å². The molecule has 0 heterocycles. The minimum absolute atomic E-state index is 0.00700. The van der Waals surface area contributed by atoms with E-state index in [0.717, 1.165) is 36.0 Å². The molecule has 0 radical (unpaired) electrons. The summed E-state index contributed by atoms with van der Waals surface area (Å²) in [6.07, 6.45) is 4.69. The average Bonchev–Trinajstić information content (AvgIpc) is 2.31. The number of aliphatic hydroxyl groups is 2. The molecule has 0 aliphatic carbocycles. The van der Waals surface area contributed by atoms with Gasteiger partial charge >= 0.3 is 0 Å². The maximum absolute atomic E-state index is 9.92. The molecule has 0 spiro atoms. The summed E-state index contributed by atoms with van der Waals surface area (Å²) in [4.78, 5) is 0. The van der Waals surface area contributed by atoms with Crippen molar-refractivity contribution < 1.29 is 10.2 Å². The van der Waals surface area contributed by atoms with Crippen molar-refractivity contribution in [3.8, 4) is 11.8 Å². The third kappa shape index (κ3) is 8.46. The van der Waals surface area contributed by atoms with Crippen LogP contribution in [0.2, 0.25) is 0 Å². The highest BCUT2D eigenvalue weighted by atomic mass is 16.3. The van der Waals surface area contributed by atoms with Crippen molar-refractivity contribution in [3.05, 3.63) is 28.5 Å². The standard InChI is InChI=1S/C17H26O2/c1-6-7-8-16(10-9-14(2)11-12-18)13-15(3)17(4,5)19/h11,18-19H,6-8,12H2,1-5H3/b14-11-. The number of hydrogen-bond acceptors (Lipinski definition) is 2. The number of hydrogen-bond donors (Lipinski definition) is 2. The molecule has 2 N–H and O–H groups in total. The van der Waals surface area contributed by atoms with Gasteiger partial charge in [0.2, 0.25) is 0 Å². The van der Waals surface area contributed by atoms with E-state index in [1.807, 2.05) is 13.8 Å². The fourth-order valence-corrected chi connectivity index (χ4v) is 1.25. The predicted octanol–water partition coefficient (Wildman–Crippen LogP) is 3.36. The molecule has 0 aromatic carbocycles. The van der Waals surface area contributed by atoms with Crippen molar-refractivity contribution in [2.45, 2.75) is 59.5 Å². The third-order valence-corrected chi connectivity index (χ3v) is 2.84. The molecule has 0 aliphatic heterocycles. The van der Waals surface area contributed by atoms with Crippen molar-refractivity contribution in [1.29, 1.82) is 0 Å². The summed E-state index contributed by atoms with van der Waals surface area (Å²) in [5.74, 6) is 6.09. The second-order valence-electron chi connectivity index (χ2n) is 5.21. The molecule has 2 nitrogen and oxygen atoms in total. The zero-order valence-corrected chi connectivity index (χ0v) is 12.8. The summed E-state index contributed by atoms with van der Waals surface area (Å²) in [7, 11) is 0. The molecule has 0 aliphatic rings. The summed E-state index contributed by atoms with van der Waals surface area (Å²) < 4.78 is 0. The van der Waals surface area contributed by atoms with Crippen LogP contribution in [0.3, 0.4) is 0 Å². The molecule has 0 fully saturated rings. The zero-order chi connectivity index (χ0) is 14.9. The molecular weight excluding hydrogens is 236 g/mol. The van der Waals surface area contributed by atoms with Crippen LogP contribution in [0, 0.1) is 11.8 Å². The smallest absolute Gasteiger partial charge is 0.0871 e. The minimum atomic E-state index is -0.866. The quantitative estimate of drug-likeness (QED) is 0.589. The highest BCUT2D eigenvalue weighted by Crippen LogP contribution is 2.15.